The summed E-state index contributed by atoms with van der Waals surface area (Å²) in [4.78, 5) is 6.47. The number of hydrogen-bond donors (Lipinski definition) is 1. The molecular formula is C15H20N4. The Labute approximate surface area is 114 Å². The van der Waals surface area contributed by atoms with E-state index in [1.807, 2.05) is 12.1 Å². The minimum atomic E-state index is 0.556. The lowest BCUT2D eigenvalue weighted by Gasteiger charge is -2.36. The van der Waals surface area contributed by atoms with Crippen LogP contribution < -0.4 is 10.2 Å². The molecule has 4 heteroatoms. The van der Waals surface area contributed by atoms with Crippen LogP contribution in [0.2, 0.25) is 0 Å². The third-order valence-corrected chi connectivity index (χ3v) is 4.44. The topological polar surface area (TPSA) is 52.0 Å². The first-order chi connectivity index (χ1) is 9.38. The maximum absolute atomic E-state index is 9.12. The van der Waals surface area contributed by atoms with E-state index in [2.05, 4.69) is 21.3 Å². The summed E-state index contributed by atoms with van der Waals surface area (Å²) in [5.41, 5.74) is 1.56. The number of aromatic nitrogens is 1. The van der Waals surface area contributed by atoms with Crippen LogP contribution in [-0.4, -0.2) is 30.7 Å². The molecule has 1 unspecified atom stereocenters. The van der Waals surface area contributed by atoms with Gasteiger partial charge >= 0.3 is 0 Å². The molecule has 0 aliphatic carbocycles. The Bertz CT molecular complexity index is 465. The Hall–Kier alpha value is -1.60. The number of piperidine rings is 1. The fourth-order valence-electron chi connectivity index (χ4n) is 3.39. The molecule has 1 N–H and O–H groups in total. The molecule has 2 aliphatic rings. The Balaban J connectivity index is 1.65. The van der Waals surface area contributed by atoms with Crippen molar-refractivity contribution < 1.29 is 0 Å². The summed E-state index contributed by atoms with van der Waals surface area (Å²) in [6.07, 6.45) is 6.79. The minimum absolute atomic E-state index is 0.556. The SMILES string of the molecule is N#Cc1ncccc1N1CCC(C2CCCN2)CC1. The van der Waals surface area contributed by atoms with E-state index in [1.165, 1.54) is 32.2 Å². The Kier molecular flexibility index (Phi) is 3.65. The van der Waals surface area contributed by atoms with Crippen LogP contribution in [-0.2, 0) is 0 Å². The minimum Gasteiger partial charge on any atom is -0.369 e. The van der Waals surface area contributed by atoms with Gasteiger partial charge in [0.2, 0.25) is 0 Å². The maximum Gasteiger partial charge on any atom is 0.163 e. The van der Waals surface area contributed by atoms with Gasteiger partial charge in [-0.1, -0.05) is 0 Å². The third kappa shape index (κ3) is 2.57. The lowest BCUT2D eigenvalue weighted by Crippen LogP contribution is -2.41. The van der Waals surface area contributed by atoms with E-state index in [0.29, 0.717) is 5.69 Å². The molecule has 0 radical (unpaired) electrons. The van der Waals surface area contributed by atoms with Gasteiger partial charge in [-0.15, -0.1) is 0 Å². The molecule has 0 bridgehead atoms. The van der Waals surface area contributed by atoms with Crippen molar-refractivity contribution in [1.82, 2.24) is 10.3 Å². The molecule has 3 heterocycles. The first-order valence-electron chi connectivity index (χ1n) is 7.22. The largest absolute Gasteiger partial charge is 0.369 e. The quantitative estimate of drug-likeness (QED) is 0.878. The molecule has 3 rings (SSSR count). The summed E-state index contributed by atoms with van der Waals surface area (Å²) in [6.45, 7) is 3.28. The summed E-state index contributed by atoms with van der Waals surface area (Å²) in [6, 6.07) is 6.85. The second kappa shape index (κ2) is 5.58. The van der Waals surface area contributed by atoms with E-state index in [0.717, 1.165) is 30.7 Å². The lowest BCUT2D eigenvalue weighted by molar-refractivity contribution is 0.319. The number of pyridine rings is 1. The van der Waals surface area contributed by atoms with Crippen LogP contribution in [0.4, 0.5) is 5.69 Å². The summed E-state index contributed by atoms with van der Waals surface area (Å²) in [5, 5.41) is 12.7. The number of anilines is 1. The Morgan fingerprint density at radius 3 is 2.84 bits per heavy atom. The van der Waals surface area contributed by atoms with Crippen molar-refractivity contribution in [2.75, 3.05) is 24.5 Å². The molecule has 4 nitrogen and oxygen atoms in total. The number of nitrogens with one attached hydrogen (secondary N) is 1. The van der Waals surface area contributed by atoms with Crippen molar-refractivity contribution in [2.45, 2.75) is 31.7 Å². The first-order valence-corrected chi connectivity index (χ1v) is 7.22. The second-order valence-corrected chi connectivity index (χ2v) is 5.51. The van der Waals surface area contributed by atoms with E-state index < -0.39 is 0 Å². The van der Waals surface area contributed by atoms with Crippen molar-refractivity contribution in [2.24, 2.45) is 5.92 Å². The standard InChI is InChI=1S/C15H20N4/c16-11-14-15(4-2-8-18-14)19-9-5-12(6-10-19)13-3-1-7-17-13/h2,4,8,12-13,17H,1,3,5-7,9-10H2. The summed E-state index contributed by atoms with van der Waals surface area (Å²) >= 11 is 0. The van der Waals surface area contributed by atoms with Gasteiger partial charge in [0.25, 0.3) is 0 Å². The molecule has 0 saturated carbocycles. The molecular weight excluding hydrogens is 236 g/mol. The highest BCUT2D eigenvalue weighted by molar-refractivity contribution is 5.55. The number of nitrogens with zero attached hydrogens (tertiary/aromatic N) is 3. The number of hydrogen-bond acceptors (Lipinski definition) is 4. The van der Waals surface area contributed by atoms with Gasteiger partial charge in [0.15, 0.2) is 5.69 Å². The van der Waals surface area contributed by atoms with Crippen molar-refractivity contribution in [1.29, 1.82) is 5.26 Å². The van der Waals surface area contributed by atoms with Crippen molar-refractivity contribution in [3.05, 3.63) is 24.0 Å². The van der Waals surface area contributed by atoms with Gasteiger partial charge in [-0.2, -0.15) is 5.26 Å². The van der Waals surface area contributed by atoms with Crippen LogP contribution >= 0.6 is 0 Å². The smallest absolute Gasteiger partial charge is 0.163 e. The molecule has 2 aliphatic heterocycles. The van der Waals surface area contributed by atoms with Gasteiger partial charge in [-0.25, -0.2) is 4.98 Å². The summed E-state index contributed by atoms with van der Waals surface area (Å²) in [7, 11) is 0. The molecule has 1 aromatic heterocycles. The highest BCUT2D eigenvalue weighted by atomic mass is 15.1. The van der Waals surface area contributed by atoms with Crippen LogP contribution in [0.15, 0.2) is 18.3 Å². The molecule has 100 valence electrons. The van der Waals surface area contributed by atoms with Gasteiger partial charge in [-0.05, 0) is 50.3 Å². The predicted octanol–water partition coefficient (Wildman–Crippen LogP) is 1.92. The van der Waals surface area contributed by atoms with Gasteiger partial charge in [0, 0.05) is 25.3 Å². The predicted molar refractivity (Wildman–Crippen MR) is 74.9 cm³/mol. The number of nitriles is 1. The van der Waals surface area contributed by atoms with Crippen LogP contribution in [0.25, 0.3) is 0 Å². The monoisotopic (exact) mass is 256 g/mol. The van der Waals surface area contributed by atoms with Gasteiger partial charge in [-0.3, -0.25) is 0 Å². The summed E-state index contributed by atoms with van der Waals surface area (Å²) < 4.78 is 0. The molecule has 2 saturated heterocycles. The molecule has 0 amide bonds. The molecule has 0 aromatic carbocycles. The van der Waals surface area contributed by atoms with Gasteiger partial charge < -0.3 is 10.2 Å². The second-order valence-electron chi connectivity index (χ2n) is 5.51. The third-order valence-electron chi connectivity index (χ3n) is 4.44. The highest BCUT2D eigenvalue weighted by Crippen LogP contribution is 2.29. The van der Waals surface area contributed by atoms with E-state index >= 15 is 0 Å². The highest BCUT2D eigenvalue weighted by Gasteiger charge is 2.28. The summed E-state index contributed by atoms with van der Waals surface area (Å²) in [5.74, 6) is 0.806. The molecule has 19 heavy (non-hydrogen) atoms. The number of rotatable bonds is 2. The average molecular weight is 256 g/mol. The van der Waals surface area contributed by atoms with Crippen LogP contribution in [0.1, 0.15) is 31.4 Å². The normalized spacial score (nSPS) is 24.4. The van der Waals surface area contributed by atoms with Crippen LogP contribution in [0.5, 0.6) is 0 Å². The zero-order valence-corrected chi connectivity index (χ0v) is 11.2. The van der Waals surface area contributed by atoms with Crippen molar-refractivity contribution in [3.63, 3.8) is 0 Å². The van der Waals surface area contributed by atoms with E-state index in [1.54, 1.807) is 6.20 Å². The molecule has 1 atom stereocenters. The fraction of sp³-hybridized carbons (Fsp3) is 0.600. The molecule has 1 aromatic rings. The molecule has 2 fully saturated rings. The van der Waals surface area contributed by atoms with E-state index in [9.17, 15) is 0 Å². The Morgan fingerprint density at radius 2 is 2.16 bits per heavy atom. The average Bonchev–Trinajstić information content (AvgIpc) is 3.02. The van der Waals surface area contributed by atoms with Crippen LogP contribution in [0.3, 0.4) is 0 Å². The van der Waals surface area contributed by atoms with E-state index in [4.69, 9.17) is 5.26 Å². The van der Waals surface area contributed by atoms with Gasteiger partial charge in [0.1, 0.15) is 6.07 Å². The maximum atomic E-state index is 9.12. The first kappa shape index (κ1) is 12.4. The fourth-order valence-corrected chi connectivity index (χ4v) is 3.39. The molecule has 0 spiro atoms. The van der Waals surface area contributed by atoms with Gasteiger partial charge in [0.05, 0.1) is 5.69 Å². The van der Waals surface area contributed by atoms with E-state index in [-0.39, 0.29) is 0 Å². The van der Waals surface area contributed by atoms with Crippen molar-refractivity contribution in [3.8, 4) is 6.07 Å². The Morgan fingerprint density at radius 1 is 1.32 bits per heavy atom. The zero-order valence-electron chi connectivity index (χ0n) is 11.2. The lowest BCUT2D eigenvalue weighted by atomic mass is 9.88. The van der Waals surface area contributed by atoms with Crippen LogP contribution in [0, 0.1) is 17.2 Å². The van der Waals surface area contributed by atoms with Crippen molar-refractivity contribution >= 4 is 5.69 Å². The zero-order chi connectivity index (χ0) is 13.1.